The molecule has 3 aromatic rings. The van der Waals surface area contributed by atoms with Crippen molar-refractivity contribution in [3.05, 3.63) is 65.8 Å². The number of ether oxygens (including phenoxy) is 1. The number of urea groups is 1. The minimum Gasteiger partial charge on any atom is -0.378 e. The molecule has 5 rings (SSSR count). The number of carbonyl (C=O) groups is 1. The van der Waals surface area contributed by atoms with Gasteiger partial charge in [0.15, 0.2) is 0 Å². The van der Waals surface area contributed by atoms with E-state index in [0.29, 0.717) is 57.5 Å². The number of halogens is 3. The molecule has 11 heteroatoms. The van der Waals surface area contributed by atoms with Crippen molar-refractivity contribution in [2.24, 2.45) is 0 Å². The van der Waals surface area contributed by atoms with Crippen LogP contribution in [-0.4, -0.2) is 70.3 Å². The zero-order valence-corrected chi connectivity index (χ0v) is 18.8. The molecule has 0 spiro atoms. The molecule has 8 nitrogen and oxygen atoms in total. The molecule has 2 aliphatic rings. The number of hydrogen-bond donors (Lipinski definition) is 0. The summed E-state index contributed by atoms with van der Waals surface area (Å²) in [5, 5.41) is 4.09. The molecule has 2 fully saturated rings. The maximum atomic E-state index is 13.3. The van der Waals surface area contributed by atoms with Crippen LogP contribution < -0.4 is 0 Å². The molecule has 1 aromatic carbocycles. The zero-order valence-electron chi connectivity index (χ0n) is 18.8. The third-order valence-corrected chi connectivity index (χ3v) is 6.44. The Bertz CT molecular complexity index is 1150. The Morgan fingerprint density at radius 1 is 0.943 bits per heavy atom. The van der Waals surface area contributed by atoms with Crippen LogP contribution >= 0.6 is 0 Å². The van der Waals surface area contributed by atoms with E-state index in [1.54, 1.807) is 34.3 Å². The second kappa shape index (κ2) is 9.65. The van der Waals surface area contributed by atoms with E-state index < -0.39 is 11.7 Å². The number of carbonyl (C=O) groups excluding carboxylic acids is 1. The fourth-order valence-electron chi connectivity index (χ4n) is 4.59. The van der Waals surface area contributed by atoms with Gasteiger partial charge in [0.1, 0.15) is 0 Å². The summed E-state index contributed by atoms with van der Waals surface area (Å²) >= 11 is 0. The predicted molar refractivity (Wildman–Crippen MR) is 118 cm³/mol. The number of nitrogens with zero attached hydrogens (tertiary/aromatic N) is 5. The standard InChI is InChI=1S/C24H24F3N5O3/c25-24(26,27)20-3-1-16(2-4-20)18-13-19(15-32(14-18)23(33)31-9-11-34-12-10-31)22-29-21(30-35-22)17-5-7-28-8-6-17/h1-8,18-19H,9-15H2. The van der Waals surface area contributed by atoms with Crippen LogP contribution in [0.15, 0.2) is 53.3 Å². The molecule has 2 aromatic heterocycles. The number of morpholine rings is 1. The summed E-state index contributed by atoms with van der Waals surface area (Å²) in [6.07, 6.45) is -0.569. The van der Waals surface area contributed by atoms with E-state index in [4.69, 9.17) is 9.26 Å². The van der Waals surface area contributed by atoms with Gasteiger partial charge in [0, 0.05) is 50.1 Å². The number of rotatable bonds is 3. The van der Waals surface area contributed by atoms with Gasteiger partial charge < -0.3 is 19.1 Å². The molecular weight excluding hydrogens is 463 g/mol. The van der Waals surface area contributed by atoms with Gasteiger partial charge in [-0.25, -0.2) is 4.79 Å². The maximum absolute atomic E-state index is 13.3. The Hall–Kier alpha value is -3.47. The van der Waals surface area contributed by atoms with Gasteiger partial charge in [0.2, 0.25) is 11.7 Å². The Morgan fingerprint density at radius 2 is 1.63 bits per heavy atom. The molecule has 0 saturated carbocycles. The third-order valence-electron chi connectivity index (χ3n) is 6.44. The molecule has 2 saturated heterocycles. The second-order valence-electron chi connectivity index (χ2n) is 8.73. The lowest BCUT2D eigenvalue weighted by atomic mass is 9.84. The van der Waals surface area contributed by atoms with Crippen LogP contribution in [-0.2, 0) is 10.9 Å². The largest absolute Gasteiger partial charge is 0.416 e. The van der Waals surface area contributed by atoms with Crippen LogP contribution in [0.3, 0.4) is 0 Å². The molecule has 2 unspecified atom stereocenters. The molecule has 0 aliphatic carbocycles. The molecule has 184 valence electrons. The number of alkyl halides is 3. The first kappa shape index (κ1) is 23.3. The minimum absolute atomic E-state index is 0.121. The average Bonchev–Trinajstić information content (AvgIpc) is 3.39. The number of benzene rings is 1. The molecule has 2 amide bonds. The quantitative estimate of drug-likeness (QED) is 0.551. The lowest BCUT2D eigenvalue weighted by molar-refractivity contribution is -0.137. The topological polar surface area (TPSA) is 84.6 Å². The summed E-state index contributed by atoms with van der Waals surface area (Å²) in [5.41, 5.74) is 0.788. The number of aromatic nitrogens is 3. The van der Waals surface area contributed by atoms with Crippen molar-refractivity contribution in [3.8, 4) is 11.4 Å². The number of piperidine rings is 1. The fourth-order valence-corrected chi connectivity index (χ4v) is 4.59. The van der Waals surface area contributed by atoms with Crippen LogP contribution in [0.4, 0.5) is 18.0 Å². The van der Waals surface area contributed by atoms with Crippen molar-refractivity contribution in [1.29, 1.82) is 0 Å². The van der Waals surface area contributed by atoms with Crippen molar-refractivity contribution in [3.63, 3.8) is 0 Å². The molecule has 4 heterocycles. The van der Waals surface area contributed by atoms with E-state index in [9.17, 15) is 18.0 Å². The molecule has 2 atom stereocenters. The first-order valence-electron chi connectivity index (χ1n) is 11.4. The summed E-state index contributed by atoms with van der Waals surface area (Å²) in [4.78, 5) is 25.3. The molecular formula is C24H24F3N5O3. The third kappa shape index (κ3) is 5.14. The minimum atomic E-state index is -4.40. The van der Waals surface area contributed by atoms with Crippen molar-refractivity contribution in [2.45, 2.75) is 24.4 Å². The highest BCUT2D eigenvalue weighted by molar-refractivity contribution is 5.75. The van der Waals surface area contributed by atoms with E-state index in [2.05, 4.69) is 15.1 Å². The predicted octanol–water partition coefficient (Wildman–Crippen LogP) is 4.18. The van der Waals surface area contributed by atoms with Crippen molar-refractivity contribution >= 4 is 6.03 Å². The Balaban J connectivity index is 1.41. The van der Waals surface area contributed by atoms with Gasteiger partial charge >= 0.3 is 12.2 Å². The van der Waals surface area contributed by atoms with Gasteiger partial charge in [-0.05, 0) is 36.2 Å². The van der Waals surface area contributed by atoms with Crippen molar-refractivity contribution < 1.29 is 27.2 Å². The number of pyridine rings is 1. The van der Waals surface area contributed by atoms with Crippen LogP contribution in [0.1, 0.15) is 35.3 Å². The lowest BCUT2D eigenvalue weighted by Crippen LogP contribution is -2.52. The lowest BCUT2D eigenvalue weighted by Gasteiger charge is -2.40. The summed E-state index contributed by atoms with van der Waals surface area (Å²) in [5.74, 6) is 0.375. The average molecular weight is 487 g/mol. The highest BCUT2D eigenvalue weighted by Gasteiger charge is 2.37. The second-order valence-corrected chi connectivity index (χ2v) is 8.73. The van der Waals surface area contributed by atoms with Gasteiger partial charge in [0.25, 0.3) is 0 Å². The van der Waals surface area contributed by atoms with Crippen molar-refractivity contribution in [1.82, 2.24) is 24.9 Å². The van der Waals surface area contributed by atoms with Gasteiger partial charge in [0.05, 0.1) is 24.7 Å². The molecule has 0 radical (unpaired) electrons. The Morgan fingerprint density at radius 3 is 2.31 bits per heavy atom. The van der Waals surface area contributed by atoms with E-state index in [0.717, 1.165) is 23.3 Å². The van der Waals surface area contributed by atoms with Crippen LogP contribution in [0.2, 0.25) is 0 Å². The smallest absolute Gasteiger partial charge is 0.378 e. The van der Waals surface area contributed by atoms with Crippen LogP contribution in [0.25, 0.3) is 11.4 Å². The van der Waals surface area contributed by atoms with E-state index in [-0.39, 0.29) is 17.9 Å². The maximum Gasteiger partial charge on any atom is 0.416 e. The summed E-state index contributed by atoms with van der Waals surface area (Å²) in [6, 6.07) is 8.57. The van der Waals surface area contributed by atoms with Crippen LogP contribution in [0, 0.1) is 0 Å². The number of amides is 2. The highest BCUT2D eigenvalue weighted by atomic mass is 19.4. The fraction of sp³-hybridized carbons (Fsp3) is 0.417. The summed E-state index contributed by atoms with van der Waals surface area (Å²) in [6.45, 7) is 2.72. The van der Waals surface area contributed by atoms with E-state index in [1.807, 2.05) is 0 Å². The first-order chi connectivity index (χ1) is 16.9. The zero-order chi connectivity index (χ0) is 24.4. The molecule has 2 aliphatic heterocycles. The Labute approximate surface area is 199 Å². The normalized spacial score (nSPS) is 21.2. The Kier molecular flexibility index (Phi) is 6.42. The highest BCUT2D eigenvalue weighted by Crippen LogP contribution is 2.37. The van der Waals surface area contributed by atoms with Gasteiger partial charge in [-0.1, -0.05) is 17.3 Å². The number of hydrogen-bond acceptors (Lipinski definition) is 6. The van der Waals surface area contributed by atoms with Crippen LogP contribution in [0.5, 0.6) is 0 Å². The summed E-state index contributed by atoms with van der Waals surface area (Å²) in [7, 11) is 0. The SMILES string of the molecule is O=C(N1CCOCC1)N1CC(c2ccc(C(F)(F)F)cc2)CC(c2nc(-c3ccncc3)no2)C1. The van der Waals surface area contributed by atoms with Gasteiger partial charge in [-0.3, -0.25) is 4.98 Å². The number of likely N-dealkylation sites (tertiary alicyclic amines) is 1. The van der Waals surface area contributed by atoms with E-state index in [1.165, 1.54) is 12.1 Å². The van der Waals surface area contributed by atoms with Gasteiger partial charge in [-0.15, -0.1) is 0 Å². The monoisotopic (exact) mass is 487 g/mol. The van der Waals surface area contributed by atoms with E-state index >= 15 is 0 Å². The van der Waals surface area contributed by atoms with Gasteiger partial charge in [-0.2, -0.15) is 18.2 Å². The van der Waals surface area contributed by atoms with Crippen molar-refractivity contribution in [2.75, 3.05) is 39.4 Å². The summed E-state index contributed by atoms with van der Waals surface area (Å²) < 4.78 is 50.1. The molecule has 35 heavy (non-hydrogen) atoms. The molecule has 0 bridgehead atoms. The first-order valence-corrected chi connectivity index (χ1v) is 11.4. The molecule has 0 N–H and O–H groups in total.